The highest BCUT2D eigenvalue weighted by molar-refractivity contribution is 6.32. The quantitative estimate of drug-likeness (QED) is 0.850. The van der Waals surface area contributed by atoms with Gasteiger partial charge in [0.2, 0.25) is 0 Å². The number of halogens is 1. The van der Waals surface area contributed by atoms with Gasteiger partial charge in [0.05, 0.1) is 22.8 Å². The molecule has 1 unspecified atom stereocenters. The molecule has 5 heteroatoms. The molecule has 84 valence electrons. The Morgan fingerprint density at radius 3 is 2.73 bits per heavy atom. The van der Waals surface area contributed by atoms with Gasteiger partial charge in [-0.3, -0.25) is 9.48 Å². The van der Waals surface area contributed by atoms with Gasteiger partial charge in [0.1, 0.15) is 6.10 Å². The second kappa shape index (κ2) is 4.77. The Kier molecular flexibility index (Phi) is 3.88. The Morgan fingerprint density at radius 2 is 2.27 bits per heavy atom. The van der Waals surface area contributed by atoms with E-state index in [2.05, 4.69) is 5.10 Å². The lowest BCUT2D eigenvalue weighted by atomic mass is 10.1. The summed E-state index contributed by atoms with van der Waals surface area (Å²) in [6.07, 6.45) is -0.827. The number of rotatable bonds is 4. The summed E-state index contributed by atoms with van der Waals surface area (Å²) >= 11 is 6.02. The normalized spacial score (nSPS) is 12.9. The first-order valence-electron chi connectivity index (χ1n) is 4.89. The molecule has 1 N–H and O–H groups in total. The van der Waals surface area contributed by atoms with Crippen LogP contribution in [0, 0.1) is 6.92 Å². The highest BCUT2D eigenvalue weighted by atomic mass is 35.5. The molecule has 0 aliphatic rings. The number of hydrogen-bond acceptors (Lipinski definition) is 3. The van der Waals surface area contributed by atoms with Crippen LogP contribution in [0.3, 0.4) is 0 Å². The number of aromatic nitrogens is 2. The fourth-order valence-corrected chi connectivity index (χ4v) is 1.55. The molecule has 0 fully saturated rings. The van der Waals surface area contributed by atoms with Crippen LogP contribution in [0.5, 0.6) is 0 Å². The van der Waals surface area contributed by atoms with Gasteiger partial charge in [0, 0.05) is 6.54 Å². The number of aliphatic hydroxyl groups is 1. The van der Waals surface area contributed by atoms with Gasteiger partial charge in [-0.15, -0.1) is 0 Å². The van der Waals surface area contributed by atoms with E-state index in [0.717, 1.165) is 0 Å². The number of carbonyl (C=O) groups excluding carboxylic acids is 1. The van der Waals surface area contributed by atoms with Crippen molar-refractivity contribution in [1.82, 2.24) is 9.78 Å². The number of hydrogen-bond donors (Lipinski definition) is 1. The maximum absolute atomic E-state index is 11.4. The van der Waals surface area contributed by atoms with Crippen molar-refractivity contribution in [3.63, 3.8) is 0 Å². The van der Waals surface area contributed by atoms with E-state index in [4.69, 9.17) is 16.7 Å². The molecule has 0 saturated carbocycles. The molecule has 0 aliphatic carbocycles. The van der Waals surface area contributed by atoms with Crippen LogP contribution in [0.2, 0.25) is 5.02 Å². The van der Waals surface area contributed by atoms with Gasteiger partial charge in [-0.2, -0.15) is 5.10 Å². The third-order valence-electron chi connectivity index (χ3n) is 2.26. The molecule has 0 amide bonds. The maximum Gasteiger partial charge on any atom is 0.166 e. The van der Waals surface area contributed by atoms with Crippen molar-refractivity contribution >= 4 is 17.4 Å². The predicted octanol–water partition coefficient (Wildman–Crippen LogP) is 1.36. The van der Waals surface area contributed by atoms with E-state index >= 15 is 0 Å². The van der Waals surface area contributed by atoms with Gasteiger partial charge < -0.3 is 5.11 Å². The van der Waals surface area contributed by atoms with E-state index < -0.39 is 6.10 Å². The van der Waals surface area contributed by atoms with E-state index in [1.54, 1.807) is 11.6 Å². The van der Waals surface area contributed by atoms with Crippen LogP contribution in [-0.4, -0.2) is 26.8 Å². The Hall–Kier alpha value is -0.870. The Balaban J connectivity index is 2.97. The van der Waals surface area contributed by atoms with E-state index in [-0.39, 0.29) is 12.2 Å². The molecular formula is C10H15ClN2O2. The molecule has 1 rings (SSSR count). The summed E-state index contributed by atoms with van der Waals surface area (Å²) in [5.74, 6) is -0.244. The molecule has 0 bridgehead atoms. The highest BCUT2D eigenvalue weighted by Crippen LogP contribution is 2.21. The number of carbonyl (C=O) groups is 1. The minimum absolute atomic E-state index is 0.130. The van der Waals surface area contributed by atoms with Crippen LogP contribution in [0.15, 0.2) is 0 Å². The van der Waals surface area contributed by atoms with Crippen molar-refractivity contribution in [3.8, 4) is 0 Å². The molecule has 1 aromatic heterocycles. The summed E-state index contributed by atoms with van der Waals surface area (Å²) in [4.78, 5) is 11.4. The Bertz CT molecular complexity index is 372. The van der Waals surface area contributed by atoms with Crippen LogP contribution < -0.4 is 0 Å². The van der Waals surface area contributed by atoms with E-state index in [0.29, 0.717) is 23.0 Å². The number of aliphatic hydroxyl groups excluding tert-OH is 1. The van der Waals surface area contributed by atoms with Gasteiger partial charge >= 0.3 is 0 Å². The van der Waals surface area contributed by atoms with Crippen LogP contribution >= 0.6 is 11.6 Å². The second-order valence-corrected chi connectivity index (χ2v) is 3.86. The van der Waals surface area contributed by atoms with Crippen molar-refractivity contribution in [1.29, 1.82) is 0 Å². The van der Waals surface area contributed by atoms with Crippen LogP contribution in [0.4, 0.5) is 0 Å². The topological polar surface area (TPSA) is 55.1 Å². The summed E-state index contributed by atoms with van der Waals surface area (Å²) in [5, 5.41) is 13.8. The Labute approximate surface area is 93.9 Å². The van der Waals surface area contributed by atoms with Crippen molar-refractivity contribution in [2.24, 2.45) is 0 Å². The van der Waals surface area contributed by atoms with Crippen molar-refractivity contribution in [2.45, 2.75) is 39.8 Å². The summed E-state index contributed by atoms with van der Waals surface area (Å²) in [7, 11) is 0. The van der Waals surface area contributed by atoms with Gasteiger partial charge in [0.25, 0.3) is 0 Å². The van der Waals surface area contributed by atoms with E-state index in [9.17, 15) is 4.79 Å². The van der Waals surface area contributed by atoms with Crippen LogP contribution in [0.25, 0.3) is 0 Å². The highest BCUT2D eigenvalue weighted by Gasteiger charge is 2.18. The zero-order chi connectivity index (χ0) is 11.6. The summed E-state index contributed by atoms with van der Waals surface area (Å²) in [6.45, 7) is 5.84. The van der Waals surface area contributed by atoms with E-state index in [1.165, 1.54) is 6.92 Å². The number of aryl methyl sites for hydroxylation is 2. The summed E-state index contributed by atoms with van der Waals surface area (Å²) < 4.78 is 1.69. The maximum atomic E-state index is 11.4. The van der Waals surface area contributed by atoms with Crippen molar-refractivity contribution in [3.05, 3.63) is 16.4 Å². The largest absolute Gasteiger partial charge is 0.386 e. The molecule has 1 aromatic rings. The van der Waals surface area contributed by atoms with Gasteiger partial charge in [-0.05, 0) is 20.8 Å². The monoisotopic (exact) mass is 230 g/mol. The lowest BCUT2D eigenvalue weighted by molar-refractivity contribution is -0.125. The molecule has 1 atom stereocenters. The van der Waals surface area contributed by atoms with Gasteiger partial charge in [-0.1, -0.05) is 11.6 Å². The third kappa shape index (κ3) is 2.58. The Morgan fingerprint density at radius 1 is 1.67 bits per heavy atom. The van der Waals surface area contributed by atoms with Gasteiger partial charge in [0.15, 0.2) is 5.78 Å². The summed E-state index contributed by atoms with van der Waals surface area (Å²) in [5.41, 5.74) is 1.40. The lowest BCUT2D eigenvalue weighted by Gasteiger charge is -2.06. The minimum Gasteiger partial charge on any atom is -0.386 e. The van der Waals surface area contributed by atoms with Crippen molar-refractivity contribution in [2.75, 3.05) is 0 Å². The molecule has 15 heavy (non-hydrogen) atoms. The molecule has 4 nitrogen and oxygen atoms in total. The fourth-order valence-electron chi connectivity index (χ4n) is 1.35. The number of ketones is 1. The molecule has 0 aromatic carbocycles. The SMILES string of the molecule is CCn1nc(C)c(Cl)c1CC(=O)C(C)O. The average Bonchev–Trinajstić information content (AvgIpc) is 2.45. The predicted molar refractivity (Wildman–Crippen MR) is 58.0 cm³/mol. The zero-order valence-electron chi connectivity index (χ0n) is 9.12. The second-order valence-electron chi connectivity index (χ2n) is 3.48. The smallest absolute Gasteiger partial charge is 0.166 e. The number of nitrogens with zero attached hydrogens (tertiary/aromatic N) is 2. The van der Waals surface area contributed by atoms with Gasteiger partial charge in [-0.25, -0.2) is 0 Å². The molecule has 0 spiro atoms. The lowest BCUT2D eigenvalue weighted by Crippen LogP contribution is -2.20. The molecule has 1 heterocycles. The molecular weight excluding hydrogens is 216 g/mol. The standard InChI is InChI=1S/C10H15ClN2O2/c1-4-13-8(5-9(15)7(3)14)10(11)6(2)12-13/h7,14H,4-5H2,1-3H3. The average molecular weight is 231 g/mol. The van der Waals surface area contributed by atoms with Crippen molar-refractivity contribution < 1.29 is 9.90 Å². The first kappa shape index (κ1) is 12.2. The van der Waals surface area contributed by atoms with E-state index in [1.807, 2.05) is 6.92 Å². The minimum atomic E-state index is -0.957. The first-order valence-corrected chi connectivity index (χ1v) is 5.27. The van der Waals surface area contributed by atoms with Crippen LogP contribution in [-0.2, 0) is 17.8 Å². The molecule has 0 saturated heterocycles. The molecule has 0 radical (unpaired) electrons. The fraction of sp³-hybridized carbons (Fsp3) is 0.600. The third-order valence-corrected chi connectivity index (χ3v) is 2.75. The first-order chi connectivity index (χ1) is 6.97. The number of Topliss-reactive ketones (excluding diaryl/α,β-unsaturated/α-hetero) is 1. The molecule has 0 aliphatic heterocycles. The zero-order valence-corrected chi connectivity index (χ0v) is 9.88. The van der Waals surface area contributed by atoms with Crippen LogP contribution in [0.1, 0.15) is 25.2 Å². The summed E-state index contributed by atoms with van der Waals surface area (Å²) in [6, 6.07) is 0.